The van der Waals surface area contributed by atoms with Gasteiger partial charge in [0.25, 0.3) is 5.56 Å². The van der Waals surface area contributed by atoms with Gasteiger partial charge in [-0.15, -0.1) is 0 Å². The number of H-pyrrole nitrogens is 1. The molecule has 1 aliphatic heterocycles. The predicted octanol–water partition coefficient (Wildman–Crippen LogP) is 2.56. The number of ether oxygens (including phenoxy) is 1. The van der Waals surface area contributed by atoms with Gasteiger partial charge < -0.3 is 9.64 Å². The summed E-state index contributed by atoms with van der Waals surface area (Å²) in [6, 6.07) is 11.3. The lowest BCUT2D eigenvalue weighted by Gasteiger charge is -2.20. The van der Waals surface area contributed by atoms with Crippen molar-refractivity contribution < 1.29 is 4.74 Å². The number of rotatable bonds is 6. The Balaban J connectivity index is 1.61. The van der Waals surface area contributed by atoms with Crippen molar-refractivity contribution in [2.45, 2.75) is 32.2 Å². The summed E-state index contributed by atoms with van der Waals surface area (Å²) >= 11 is 0. The smallest absolute Gasteiger partial charge is 0.264 e. The molecule has 6 nitrogen and oxygen atoms in total. The summed E-state index contributed by atoms with van der Waals surface area (Å²) in [4.78, 5) is 13.6. The average molecular weight is 338 g/mol. The van der Waals surface area contributed by atoms with E-state index >= 15 is 0 Å². The topological polar surface area (TPSA) is 82.0 Å². The zero-order chi connectivity index (χ0) is 17.6. The highest BCUT2D eigenvalue weighted by molar-refractivity contribution is 5.63. The minimum Gasteiger partial charge on any atom is -0.492 e. The number of nitrogens with one attached hydrogen (secondary N) is 1. The minimum absolute atomic E-state index is 0.253. The molecule has 1 aromatic carbocycles. The first kappa shape index (κ1) is 17.2. The van der Waals surface area contributed by atoms with E-state index in [4.69, 9.17) is 4.74 Å². The Morgan fingerprint density at radius 2 is 2.28 bits per heavy atom. The van der Waals surface area contributed by atoms with Crippen molar-refractivity contribution in [3.05, 3.63) is 46.2 Å². The van der Waals surface area contributed by atoms with E-state index < -0.39 is 0 Å². The van der Waals surface area contributed by atoms with E-state index in [2.05, 4.69) is 28.1 Å². The number of aromatic amines is 1. The van der Waals surface area contributed by atoms with Gasteiger partial charge in [0, 0.05) is 24.2 Å². The number of hydrogen-bond donors (Lipinski definition) is 1. The second-order valence-electron chi connectivity index (χ2n) is 6.36. The largest absolute Gasteiger partial charge is 0.492 e. The van der Waals surface area contributed by atoms with E-state index in [1.54, 1.807) is 18.2 Å². The second-order valence-corrected chi connectivity index (χ2v) is 6.36. The van der Waals surface area contributed by atoms with Crippen molar-refractivity contribution in [1.29, 1.82) is 5.26 Å². The maximum Gasteiger partial charge on any atom is 0.264 e. The SMILES string of the molecule is C[C@@H]1CCCN1CCCOc1ccc(-c2ccc(=O)[nH]n2)cc1C#N. The second kappa shape index (κ2) is 7.95. The van der Waals surface area contributed by atoms with Crippen molar-refractivity contribution in [2.24, 2.45) is 0 Å². The lowest BCUT2D eigenvalue weighted by molar-refractivity contribution is 0.230. The van der Waals surface area contributed by atoms with Crippen LogP contribution in [0.1, 0.15) is 31.7 Å². The van der Waals surface area contributed by atoms with Gasteiger partial charge in [-0.2, -0.15) is 10.4 Å². The lowest BCUT2D eigenvalue weighted by Crippen LogP contribution is -2.28. The molecule has 0 amide bonds. The van der Waals surface area contributed by atoms with Crippen LogP contribution in [0, 0.1) is 11.3 Å². The van der Waals surface area contributed by atoms with Gasteiger partial charge in [-0.3, -0.25) is 4.79 Å². The van der Waals surface area contributed by atoms with Gasteiger partial charge in [-0.1, -0.05) is 0 Å². The lowest BCUT2D eigenvalue weighted by atomic mass is 10.1. The zero-order valence-corrected chi connectivity index (χ0v) is 14.4. The molecule has 2 heterocycles. The fourth-order valence-corrected chi connectivity index (χ4v) is 3.18. The Labute approximate surface area is 147 Å². The quantitative estimate of drug-likeness (QED) is 0.819. The highest BCUT2D eigenvalue weighted by Crippen LogP contribution is 2.25. The molecule has 1 atom stereocenters. The molecule has 2 aromatic rings. The summed E-state index contributed by atoms with van der Waals surface area (Å²) in [5, 5.41) is 15.8. The standard InChI is InChI=1S/C19H22N4O2/c1-14-4-2-9-23(14)10-3-11-25-18-7-5-15(12-16(18)13-20)17-6-8-19(24)22-21-17/h5-8,12,14H,2-4,9-11H2,1H3,(H,22,24)/t14-/m1/s1. The number of nitriles is 1. The van der Waals surface area contributed by atoms with Crippen LogP contribution in [0.2, 0.25) is 0 Å². The van der Waals surface area contributed by atoms with E-state index in [9.17, 15) is 10.1 Å². The third-order valence-electron chi connectivity index (χ3n) is 4.61. The molecule has 0 aliphatic carbocycles. The molecule has 25 heavy (non-hydrogen) atoms. The Kier molecular flexibility index (Phi) is 5.46. The summed E-state index contributed by atoms with van der Waals surface area (Å²) in [6.07, 6.45) is 3.50. The highest BCUT2D eigenvalue weighted by Gasteiger charge is 2.19. The van der Waals surface area contributed by atoms with Gasteiger partial charge in [0.1, 0.15) is 11.8 Å². The zero-order valence-electron chi connectivity index (χ0n) is 14.4. The number of aromatic nitrogens is 2. The average Bonchev–Trinajstić information content (AvgIpc) is 3.04. The molecule has 1 aliphatic rings. The van der Waals surface area contributed by atoms with Gasteiger partial charge in [-0.05, 0) is 57.0 Å². The fraction of sp³-hybridized carbons (Fsp3) is 0.421. The van der Waals surface area contributed by atoms with Crippen LogP contribution < -0.4 is 10.3 Å². The highest BCUT2D eigenvalue weighted by atomic mass is 16.5. The van der Waals surface area contributed by atoms with Gasteiger partial charge in [0.15, 0.2) is 0 Å². The van der Waals surface area contributed by atoms with E-state index in [-0.39, 0.29) is 5.56 Å². The predicted molar refractivity (Wildman–Crippen MR) is 95.4 cm³/mol. The Morgan fingerprint density at radius 3 is 2.96 bits per heavy atom. The molecule has 0 bridgehead atoms. The molecule has 0 spiro atoms. The monoisotopic (exact) mass is 338 g/mol. The third-order valence-corrected chi connectivity index (χ3v) is 4.61. The summed E-state index contributed by atoms with van der Waals surface area (Å²) in [7, 11) is 0. The van der Waals surface area contributed by atoms with Crippen molar-refractivity contribution in [2.75, 3.05) is 19.7 Å². The molecule has 1 aromatic heterocycles. The molecule has 1 N–H and O–H groups in total. The van der Waals surface area contributed by atoms with Crippen molar-refractivity contribution in [3.8, 4) is 23.1 Å². The molecule has 0 unspecified atom stereocenters. The first-order valence-corrected chi connectivity index (χ1v) is 8.64. The van der Waals surface area contributed by atoms with Crippen LogP contribution in [0.15, 0.2) is 35.1 Å². The molecule has 130 valence electrons. The third kappa shape index (κ3) is 4.25. The maximum atomic E-state index is 11.1. The van der Waals surface area contributed by atoms with Crippen LogP contribution in [0.25, 0.3) is 11.3 Å². The van der Waals surface area contributed by atoms with Gasteiger partial charge >= 0.3 is 0 Å². The van der Waals surface area contributed by atoms with Crippen LogP contribution in [-0.2, 0) is 0 Å². The minimum atomic E-state index is -0.253. The van der Waals surface area contributed by atoms with Gasteiger partial charge in [-0.25, -0.2) is 5.10 Å². The van der Waals surface area contributed by atoms with Crippen molar-refractivity contribution >= 4 is 0 Å². The Hall–Kier alpha value is -2.65. The van der Waals surface area contributed by atoms with Crippen LogP contribution in [0.4, 0.5) is 0 Å². The fourth-order valence-electron chi connectivity index (χ4n) is 3.18. The first-order valence-electron chi connectivity index (χ1n) is 8.64. The van der Waals surface area contributed by atoms with E-state index in [0.717, 1.165) is 18.5 Å². The molecule has 6 heteroatoms. The van der Waals surface area contributed by atoms with Crippen LogP contribution in [-0.4, -0.2) is 40.8 Å². The van der Waals surface area contributed by atoms with Gasteiger partial charge in [0.2, 0.25) is 0 Å². The first-order chi connectivity index (χ1) is 12.2. The summed E-state index contributed by atoms with van der Waals surface area (Å²) in [5.74, 6) is 0.588. The van der Waals surface area contributed by atoms with E-state index in [0.29, 0.717) is 29.7 Å². The number of hydrogen-bond acceptors (Lipinski definition) is 5. The van der Waals surface area contributed by atoms with Crippen LogP contribution in [0.3, 0.4) is 0 Å². The summed E-state index contributed by atoms with van der Waals surface area (Å²) in [6.45, 7) is 5.06. The van der Waals surface area contributed by atoms with Crippen LogP contribution >= 0.6 is 0 Å². The molecule has 1 fully saturated rings. The summed E-state index contributed by atoms with van der Waals surface area (Å²) < 4.78 is 5.81. The molecule has 1 saturated heterocycles. The Bertz CT molecular complexity index is 804. The Morgan fingerprint density at radius 1 is 1.40 bits per heavy atom. The summed E-state index contributed by atoms with van der Waals surface area (Å²) in [5.41, 5.74) is 1.60. The van der Waals surface area contributed by atoms with E-state index in [1.165, 1.54) is 25.5 Å². The normalized spacial score (nSPS) is 17.4. The molecule has 0 radical (unpaired) electrons. The maximum absolute atomic E-state index is 11.1. The molecule has 0 saturated carbocycles. The van der Waals surface area contributed by atoms with E-state index in [1.807, 2.05) is 6.07 Å². The number of likely N-dealkylation sites (tertiary alicyclic amines) is 1. The molecule has 3 rings (SSSR count). The number of benzene rings is 1. The molecular formula is C19H22N4O2. The van der Waals surface area contributed by atoms with Crippen molar-refractivity contribution in [1.82, 2.24) is 15.1 Å². The molecular weight excluding hydrogens is 316 g/mol. The number of nitrogens with zero attached hydrogens (tertiary/aromatic N) is 3. The van der Waals surface area contributed by atoms with Gasteiger partial charge in [0.05, 0.1) is 17.9 Å². The van der Waals surface area contributed by atoms with Crippen molar-refractivity contribution in [3.63, 3.8) is 0 Å². The van der Waals surface area contributed by atoms with Crippen LogP contribution in [0.5, 0.6) is 5.75 Å².